The minimum atomic E-state index is -0.0460. The van der Waals surface area contributed by atoms with Crippen molar-refractivity contribution in [3.05, 3.63) is 47.7 Å². The molecule has 1 aromatic carbocycles. The van der Waals surface area contributed by atoms with Gasteiger partial charge in [0.15, 0.2) is 5.82 Å². The highest BCUT2D eigenvalue weighted by Gasteiger charge is 2.41. The van der Waals surface area contributed by atoms with Crippen LogP contribution in [0.1, 0.15) is 50.4 Å². The summed E-state index contributed by atoms with van der Waals surface area (Å²) in [6, 6.07) is 11.7. The molecule has 7 heteroatoms. The van der Waals surface area contributed by atoms with E-state index in [-0.39, 0.29) is 18.1 Å². The van der Waals surface area contributed by atoms with Gasteiger partial charge < -0.3 is 10.2 Å². The molecule has 1 aromatic heterocycles. The lowest BCUT2D eigenvalue weighted by Gasteiger charge is -2.46. The Morgan fingerprint density at radius 1 is 1.19 bits per heavy atom. The smallest absolute Gasteiger partial charge is 0.314 e. The summed E-state index contributed by atoms with van der Waals surface area (Å²) >= 11 is 0. The van der Waals surface area contributed by atoms with Crippen LogP contribution in [0.3, 0.4) is 0 Å². The fourth-order valence-electron chi connectivity index (χ4n) is 3.93. The number of carbonyl (C=O) groups is 1. The number of hydrogen-bond acceptors (Lipinski definition) is 5. The summed E-state index contributed by atoms with van der Waals surface area (Å²) in [6.07, 6.45) is 3.80. The minimum absolute atomic E-state index is 0.0268. The van der Waals surface area contributed by atoms with Crippen molar-refractivity contribution < 1.29 is 4.79 Å². The summed E-state index contributed by atoms with van der Waals surface area (Å²) < 4.78 is 0. The third kappa shape index (κ3) is 3.63. The number of para-hydroxylation sites is 1. The number of benzene rings is 1. The molecular weight excluding hydrogens is 340 g/mol. The van der Waals surface area contributed by atoms with Crippen molar-refractivity contribution in [1.82, 2.24) is 15.1 Å². The Balaban J connectivity index is 1.61. The SMILES string of the molecule is CC(C)=NNc1cc2c(nn1)CC1CCCC2N1C(=O)Nc1ccccc1. The maximum absolute atomic E-state index is 13.0. The largest absolute Gasteiger partial charge is 0.322 e. The van der Waals surface area contributed by atoms with Gasteiger partial charge in [-0.1, -0.05) is 18.2 Å². The second-order valence-corrected chi connectivity index (χ2v) is 7.31. The van der Waals surface area contributed by atoms with Crippen molar-refractivity contribution in [3.63, 3.8) is 0 Å². The molecule has 1 fully saturated rings. The van der Waals surface area contributed by atoms with Gasteiger partial charge in [-0.05, 0) is 51.3 Å². The molecule has 2 unspecified atom stereocenters. The standard InChI is InChI=1S/C20H24N6O/c1-13(2)22-24-19-12-16-17(23-25-19)11-15-9-6-10-18(16)26(15)20(27)21-14-7-4-3-5-8-14/h3-5,7-8,12,15,18H,6,9-11H2,1-2H3,(H,21,27)(H,24,25). The van der Waals surface area contributed by atoms with E-state index in [2.05, 4.69) is 26.0 Å². The van der Waals surface area contributed by atoms with E-state index >= 15 is 0 Å². The predicted molar refractivity (Wildman–Crippen MR) is 106 cm³/mol. The van der Waals surface area contributed by atoms with Gasteiger partial charge in [0.05, 0.1) is 11.7 Å². The zero-order valence-corrected chi connectivity index (χ0v) is 15.6. The molecule has 2 aromatic rings. The molecule has 2 N–H and O–H groups in total. The quantitative estimate of drug-likeness (QED) is 0.638. The van der Waals surface area contributed by atoms with E-state index in [9.17, 15) is 4.79 Å². The Bertz CT molecular complexity index is 862. The summed E-state index contributed by atoms with van der Waals surface area (Å²) in [5.74, 6) is 0.613. The molecule has 2 aliphatic rings. The van der Waals surface area contributed by atoms with Crippen LogP contribution >= 0.6 is 0 Å². The number of urea groups is 1. The van der Waals surface area contributed by atoms with Crippen molar-refractivity contribution in [2.24, 2.45) is 5.10 Å². The van der Waals surface area contributed by atoms with Gasteiger partial charge in [-0.25, -0.2) is 4.79 Å². The van der Waals surface area contributed by atoms with Crippen molar-refractivity contribution in [3.8, 4) is 0 Å². The summed E-state index contributed by atoms with van der Waals surface area (Å²) in [5, 5.41) is 15.9. The van der Waals surface area contributed by atoms with Crippen LogP contribution in [0.2, 0.25) is 0 Å². The number of carbonyl (C=O) groups excluding carboxylic acids is 1. The van der Waals surface area contributed by atoms with E-state index in [0.29, 0.717) is 5.82 Å². The van der Waals surface area contributed by atoms with E-state index in [1.165, 1.54) is 0 Å². The molecule has 7 nitrogen and oxygen atoms in total. The zero-order valence-electron chi connectivity index (χ0n) is 15.6. The van der Waals surface area contributed by atoms with E-state index in [1.54, 1.807) is 0 Å². The Kier molecular flexibility index (Phi) is 4.75. The second kappa shape index (κ2) is 7.34. The molecule has 3 heterocycles. The highest BCUT2D eigenvalue weighted by molar-refractivity contribution is 5.90. The monoisotopic (exact) mass is 364 g/mol. The molecule has 2 atom stereocenters. The first-order valence-corrected chi connectivity index (χ1v) is 9.39. The number of anilines is 2. The van der Waals surface area contributed by atoms with Crippen LogP contribution in [0.5, 0.6) is 0 Å². The van der Waals surface area contributed by atoms with Crippen molar-refractivity contribution in [1.29, 1.82) is 0 Å². The van der Waals surface area contributed by atoms with Gasteiger partial charge in [0.2, 0.25) is 0 Å². The molecule has 0 spiro atoms. The predicted octanol–water partition coefficient (Wildman–Crippen LogP) is 3.97. The molecule has 4 rings (SSSR count). The van der Waals surface area contributed by atoms with Crippen LogP contribution < -0.4 is 10.7 Å². The fourth-order valence-corrected chi connectivity index (χ4v) is 3.93. The topological polar surface area (TPSA) is 82.5 Å². The lowest BCUT2D eigenvalue weighted by molar-refractivity contribution is 0.104. The maximum atomic E-state index is 13.0. The van der Waals surface area contributed by atoms with Crippen LogP contribution in [0.15, 0.2) is 41.5 Å². The summed E-state index contributed by atoms with van der Waals surface area (Å²) in [6.45, 7) is 3.83. The Labute approximate surface area is 158 Å². The number of fused-ring (bicyclic) bond motifs is 4. The van der Waals surface area contributed by atoms with Crippen LogP contribution in [-0.4, -0.2) is 32.9 Å². The van der Waals surface area contributed by atoms with Gasteiger partial charge in [0.1, 0.15) is 0 Å². The van der Waals surface area contributed by atoms with E-state index < -0.39 is 0 Å². The summed E-state index contributed by atoms with van der Waals surface area (Å²) in [4.78, 5) is 15.0. The summed E-state index contributed by atoms with van der Waals surface area (Å²) in [5.41, 5.74) is 6.75. The fraction of sp³-hybridized carbons (Fsp3) is 0.400. The number of rotatable bonds is 3. The molecule has 140 valence electrons. The molecule has 2 bridgehead atoms. The zero-order chi connectivity index (χ0) is 18.8. The maximum Gasteiger partial charge on any atom is 0.322 e. The number of amides is 2. The lowest BCUT2D eigenvalue weighted by Crippen LogP contribution is -2.51. The molecule has 1 saturated heterocycles. The average molecular weight is 364 g/mol. The van der Waals surface area contributed by atoms with Crippen molar-refractivity contribution in [2.75, 3.05) is 10.7 Å². The summed E-state index contributed by atoms with van der Waals surface area (Å²) in [7, 11) is 0. The number of piperidine rings is 1. The van der Waals surface area contributed by atoms with E-state index in [0.717, 1.165) is 48.3 Å². The molecule has 0 radical (unpaired) electrons. The molecule has 2 amide bonds. The molecule has 0 aliphatic carbocycles. The van der Waals surface area contributed by atoms with Crippen LogP contribution in [-0.2, 0) is 6.42 Å². The second-order valence-electron chi connectivity index (χ2n) is 7.31. The number of aromatic nitrogens is 2. The van der Waals surface area contributed by atoms with Gasteiger partial charge in [-0.3, -0.25) is 5.43 Å². The normalized spacial score (nSPS) is 20.4. The van der Waals surface area contributed by atoms with Gasteiger partial charge in [-0.2, -0.15) is 10.2 Å². The molecule has 2 aliphatic heterocycles. The van der Waals surface area contributed by atoms with Crippen LogP contribution in [0.25, 0.3) is 0 Å². The Hall–Kier alpha value is -2.96. The minimum Gasteiger partial charge on any atom is -0.314 e. The lowest BCUT2D eigenvalue weighted by atomic mass is 9.82. The number of nitrogens with one attached hydrogen (secondary N) is 2. The van der Waals surface area contributed by atoms with Gasteiger partial charge in [0, 0.05) is 29.4 Å². The number of nitrogens with zero attached hydrogens (tertiary/aromatic N) is 4. The molecule has 27 heavy (non-hydrogen) atoms. The number of hydrazone groups is 1. The molecular formula is C20H24N6O. The number of hydrogen-bond donors (Lipinski definition) is 2. The Morgan fingerprint density at radius 2 is 2.00 bits per heavy atom. The highest BCUT2D eigenvalue weighted by atomic mass is 16.2. The van der Waals surface area contributed by atoms with Crippen LogP contribution in [0.4, 0.5) is 16.3 Å². The van der Waals surface area contributed by atoms with E-state index in [4.69, 9.17) is 0 Å². The third-order valence-electron chi connectivity index (χ3n) is 5.09. The van der Waals surface area contributed by atoms with Gasteiger partial charge in [-0.15, -0.1) is 5.10 Å². The molecule has 0 saturated carbocycles. The van der Waals surface area contributed by atoms with Crippen molar-refractivity contribution >= 4 is 23.2 Å². The third-order valence-corrected chi connectivity index (χ3v) is 5.09. The first-order chi connectivity index (χ1) is 13.1. The van der Waals surface area contributed by atoms with Gasteiger partial charge >= 0.3 is 6.03 Å². The highest BCUT2D eigenvalue weighted by Crippen LogP contribution is 2.41. The van der Waals surface area contributed by atoms with Gasteiger partial charge in [0.25, 0.3) is 0 Å². The Morgan fingerprint density at radius 3 is 2.78 bits per heavy atom. The average Bonchev–Trinajstić information content (AvgIpc) is 2.67. The first kappa shape index (κ1) is 17.5. The first-order valence-electron chi connectivity index (χ1n) is 9.39. The van der Waals surface area contributed by atoms with Crippen LogP contribution in [0, 0.1) is 0 Å². The van der Waals surface area contributed by atoms with E-state index in [1.807, 2.05) is 55.1 Å². The van der Waals surface area contributed by atoms with Crippen molar-refractivity contribution in [2.45, 2.75) is 51.6 Å².